The lowest BCUT2D eigenvalue weighted by atomic mass is 10.1. The number of hydrogen-bond donors (Lipinski definition) is 0. The smallest absolute Gasteiger partial charge is 0.187 e. The van der Waals surface area contributed by atoms with Gasteiger partial charge in [0.2, 0.25) is 0 Å². The molecule has 0 aliphatic carbocycles. The standard InChI is InChI=1S/C15H18BrN3OS/c1-21-15-17-6-4-13(18-15)14-11(5-8-20-14)9-19-7-2-3-12(16)10-19/h4-6,8,12H,2-3,7,9-10H2,1H3/t12-/m0/s1. The number of alkyl halides is 1. The first-order chi connectivity index (χ1) is 10.3. The molecule has 2 aromatic rings. The number of nitrogens with zero attached hydrogens (tertiary/aromatic N) is 3. The lowest BCUT2D eigenvalue weighted by Crippen LogP contribution is -2.35. The van der Waals surface area contributed by atoms with E-state index in [1.807, 2.05) is 18.4 Å². The third kappa shape index (κ3) is 3.67. The third-order valence-corrected chi connectivity index (χ3v) is 4.95. The Balaban J connectivity index is 1.80. The van der Waals surface area contributed by atoms with Gasteiger partial charge >= 0.3 is 0 Å². The molecule has 0 amide bonds. The van der Waals surface area contributed by atoms with Gasteiger partial charge in [0.1, 0.15) is 5.69 Å². The number of hydrogen-bond acceptors (Lipinski definition) is 5. The molecule has 0 spiro atoms. The van der Waals surface area contributed by atoms with E-state index in [2.05, 4.69) is 30.8 Å². The minimum absolute atomic E-state index is 0.601. The molecule has 1 aliphatic heterocycles. The van der Waals surface area contributed by atoms with Gasteiger partial charge in [-0.2, -0.15) is 0 Å². The molecule has 1 atom stereocenters. The number of halogens is 1. The fourth-order valence-corrected chi connectivity index (χ4v) is 3.72. The molecule has 0 saturated carbocycles. The van der Waals surface area contributed by atoms with Gasteiger partial charge < -0.3 is 4.42 Å². The summed E-state index contributed by atoms with van der Waals surface area (Å²) < 4.78 is 5.68. The fraction of sp³-hybridized carbons (Fsp3) is 0.467. The summed E-state index contributed by atoms with van der Waals surface area (Å²) in [7, 11) is 0. The van der Waals surface area contributed by atoms with E-state index in [0.717, 1.165) is 36.2 Å². The van der Waals surface area contributed by atoms with Gasteiger partial charge in [-0.1, -0.05) is 27.7 Å². The van der Waals surface area contributed by atoms with E-state index in [1.54, 1.807) is 24.2 Å². The van der Waals surface area contributed by atoms with Crippen molar-refractivity contribution in [1.82, 2.24) is 14.9 Å². The maximum atomic E-state index is 5.68. The normalized spacial score (nSPS) is 19.8. The highest BCUT2D eigenvalue weighted by molar-refractivity contribution is 9.09. The Morgan fingerprint density at radius 1 is 1.48 bits per heavy atom. The topological polar surface area (TPSA) is 42.2 Å². The van der Waals surface area contributed by atoms with Gasteiger partial charge in [0.15, 0.2) is 10.9 Å². The van der Waals surface area contributed by atoms with Crippen molar-refractivity contribution in [2.75, 3.05) is 19.3 Å². The fourth-order valence-electron chi connectivity index (χ4n) is 2.63. The summed E-state index contributed by atoms with van der Waals surface area (Å²) in [4.78, 5) is 11.8. The summed E-state index contributed by atoms with van der Waals surface area (Å²) in [6.45, 7) is 3.14. The minimum Gasteiger partial charge on any atom is -0.462 e. The lowest BCUT2D eigenvalue weighted by Gasteiger charge is -2.29. The summed E-state index contributed by atoms with van der Waals surface area (Å²) in [5.41, 5.74) is 2.06. The van der Waals surface area contributed by atoms with Crippen LogP contribution in [0.1, 0.15) is 18.4 Å². The van der Waals surface area contributed by atoms with Crippen LogP contribution in [0.4, 0.5) is 0 Å². The molecule has 6 heteroatoms. The zero-order valence-electron chi connectivity index (χ0n) is 12.0. The Hall–Kier alpha value is -0.850. The van der Waals surface area contributed by atoms with Crippen molar-refractivity contribution in [1.29, 1.82) is 0 Å². The molecular weight excluding hydrogens is 350 g/mol. The Morgan fingerprint density at radius 2 is 2.38 bits per heavy atom. The van der Waals surface area contributed by atoms with Crippen LogP contribution in [0, 0.1) is 0 Å². The molecule has 1 saturated heterocycles. The van der Waals surface area contributed by atoms with E-state index < -0.39 is 0 Å². The highest BCUT2D eigenvalue weighted by Gasteiger charge is 2.20. The zero-order chi connectivity index (χ0) is 14.7. The molecule has 0 N–H and O–H groups in total. The first-order valence-electron chi connectivity index (χ1n) is 7.06. The Bertz CT molecular complexity index is 604. The van der Waals surface area contributed by atoms with Crippen molar-refractivity contribution < 1.29 is 4.42 Å². The van der Waals surface area contributed by atoms with Crippen LogP contribution in [0.2, 0.25) is 0 Å². The second-order valence-electron chi connectivity index (χ2n) is 5.18. The molecule has 4 nitrogen and oxygen atoms in total. The molecular formula is C15H18BrN3OS. The molecule has 3 rings (SSSR count). The second-order valence-corrected chi connectivity index (χ2v) is 7.25. The maximum absolute atomic E-state index is 5.68. The van der Waals surface area contributed by atoms with Crippen LogP contribution in [0.25, 0.3) is 11.5 Å². The summed E-state index contributed by atoms with van der Waals surface area (Å²) in [5.74, 6) is 0.865. The van der Waals surface area contributed by atoms with E-state index in [9.17, 15) is 0 Å². The van der Waals surface area contributed by atoms with E-state index >= 15 is 0 Å². The largest absolute Gasteiger partial charge is 0.462 e. The molecule has 1 fully saturated rings. The summed E-state index contributed by atoms with van der Waals surface area (Å²) in [5, 5.41) is 0.772. The van der Waals surface area contributed by atoms with Crippen molar-refractivity contribution in [3.63, 3.8) is 0 Å². The molecule has 1 aliphatic rings. The number of likely N-dealkylation sites (tertiary alicyclic amines) is 1. The number of thioether (sulfide) groups is 1. The minimum atomic E-state index is 0.601. The molecule has 3 heterocycles. The highest BCUT2D eigenvalue weighted by Crippen LogP contribution is 2.27. The van der Waals surface area contributed by atoms with Crippen LogP contribution in [0.15, 0.2) is 34.2 Å². The maximum Gasteiger partial charge on any atom is 0.187 e. The average molecular weight is 368 g/mol. The first kappa shape index (κ1) is 15.1. The molecule has 2 aromatic heterocycles. The average Bonchev–Trinajstić information content (AvgIpc) is 2.95. The van der Waals surface area contributed by atoms with E-state index in [-0.39, 0.29) is 0 Å². The number of piperidine rings is 1. The predicted octanol–water partition coefficient (Wildman–Crippen LogP) is 3.82. The van der Waals surface area contributed by atoms with E-state index in [1.165, 1.54) is 18.4 Å². The Labute approximate surface area is 137 Å². The van der Waals surface area contributed by atoms with Crippen molar-refractivity contribution in [2.24, 2.45) is 0 Å². The molecule has 0 radical (unpaired) electrons. The quantitative estimate of drug-likeness (QED) is 0.466. The second kappa shape index (κ2) is 6.94. The molecule has 112 valence electrons. The highest BCUT2D eigenvalue weighted by atomic mass is 79.9. The van der Waals surface area contributed by atoms with Gasteiger partial charge in [0.05, 0.1) is 6.26 Å². The molecule has 0 bridgehead atoms. The van der Waals surface area contributed by atoms with E-state index in [0.29, 0.717) is 4.83 Å². The summed E-state index contributed by atoms with van der Waals surface area (Å²) in [6.07, 6.45) is 8.02. The van der Waals surface area contributed by atoms with Gasteiger partial charge in [-0.05, 0) is 37.8 Å². The number of furan rings is 1. The van der Waals surface area contributed by atoms with Crippen molar-refractivity contribution >= 4 is 27.7 Å². The zero-order valence-corrected chi connectivity index (χ0v) is 14.4. The first-order valence-corrected chi connectivity index (χ1v) is 9.20. The van der Waals surface area contributed by atoms with Gasteiger partial charge in [0, 0.05) is 29.7 Å². The predicted molar refractivity (Wildman–Crippen MR) is 88.7 cm³/mol. The van der Waals surface area contributed by atoms with E-state index in [4.69, 9.17) is 4.42 Å². The lowest BCUT2D eigenvalue weighted by molar-refractivity contribution is 0.227. The van der Waals surface area contributed by atoms with Crippen LogP contribution in [-0.2, 0) is 6.54 Å². The summed E-state index contributed by atoms with van der Waals surface area (Å²) >= 11 is 5.27. The van der Waals surface area contributed by atoms with Crippen LogP contribution in [-0.4, -0.2) is 39.0 Å². The SMILES string of the molecule is CSc1nccc(-c2occc2CN2CCC[C@H](Br)C2)n1. The van der Waals surface area contributed by atoms with Crippen LogP contribution < -0.4 is 0 Å². The molecule has 0 aromatic carbocycles. The Kier molecular flexibility index (Phi) is 4.98. The number of rotatable bonds is 4. The van der Waals surface area contributed by atoms with Crippen LogP contribution in [0.5, 0.6) is 0 Å². The van der Waals surface area contributed by atoms with Crippen molar-refractivity contribution in [3.05, 3.63) is 30.2 Å². The number of aromatic nitrogens is 2. The van der Waals surface area contributed by atoms with Gasteiger partial charge in [-0.3, -0.25) is 4.90 Å². The third-order valence-electron chi connectivity index (χ3n) is 3.64. The van der Waals surface area contributed by atoms with Gasteiger partial charge in [-0.25, -0.2) is 9.97 Å². The van der Waals surface area contributed by atoms with Crippen molar-refractivity contribution in [3.8, 4) is 11.5 Å². The Morgan fingerprint density at radius 3 is 3.19 bits per heavy atom. The van der Waals surface area contributed by atoms with Gasteiger partial charge in [0.25, 0.3) is 0 Å². The van der Waals surface area contributed by atoms with Gasteiger partial charge in [-0.15, -0.1) is 0 Å². The summed E-state index contributed by atoms with van der Waals surface area (Å²) in [6, 6.07) is 3.96. The monoisotopic (exact) mass is 367 g/mol. The van der Waals surface area contributed by atoms with Crippen LogP contribution in [0.3, 0.4) is 0 Å². The molecule has 0 unspecified atom stereocenters. The molecule has 21 heavy (non-hydrogen) atoms. The van der Waals surface area contributed by atoms with Crippen molar-refractivity contribution in [2.45, 2.75) is 29.4 Å². The van der Waals surface area contributed by atoms with Crippen LogP contribution >= 0.6 is 27.7 Å².